The zero-order valence-electron chi connectivity index (χ0n) is 14.0. The molecule has 6 nitrogen and oxygen atoms in total. The summed E-state index contributed by atoms with van der Waals surface area (Å²) in [6.07, 6.45) is 4.12. The second-order valence-corrected chi connectivity index (χ2v) is 7.00. The normalized spacial score (nSPS) is 20.8. The van der Waals surface area contributed by atoms with Gasteiger partial charge in [0.1, 0.15) is 11.9 Å². The molecule has 1 saturated heterocycles. The van der Waals surface area contributed by atoms with Crippen LogP contribution in [0.5, 0.6) is 0 Å². The third-order valence-electron chi connectivity index (χ3n) is 4.90. The fourth-order valence-corrected chi connectivity index (χ4v) is 3.62. The van der Waals surface area contributed by atoms with Gasteiger partial charge in [-0.05, 0) is 30.5 Å². The van der Waals surface area contributed by atoms with E-state index in [0.717, 1.165) is 37.2 Å². The largest absolute Gasteiger partial charge is 0.370 e. The summed E-state index contributed by atoms with van der Waals surface area (Å²) in [5.41, 5.74) is 1.03. The van der Waals surface area contributed by atoms with Crippen molar-refractivity contribution in [1.82, 2.24) is 19.7 Å². The molecule has 2 aliphatic heterocycles. The Labute approximate surface area is 151 Å². The van der Waals surface area contributed by atoms with Crippen LogP contribution < -0.4 is 0 Å². The van der Waals surface area contributed by atoms with E-state index < -0.39 is 0 Å². The molecule has 0 bridgehead atoms. The van der Waals surface area contributed by atoms with Crippen molar-refractivity contribution in [3.05, 3.63) is 46.5 Å². The molecule has 25 heavy (non-hydrogen) atoms. The summed E-state index contributed by atoms with van der Waals surface area (Å²) in [6.45, 7) is 2.43. The topological polar surface area (TPSA) is 60.2 Å². The molecule has 2 aromatic rings. The monoisotopic (exact) mass is 360 g/mol. The fourth-order valence-electron chi connectivity index (χ4n) is 3.50. The number of carbonyl (C=O) groups excluding carboxylic acids is 1. The summed E-state index contributed by atoms with van der Waals surface area (Å²) in [5, 5.41) is 9.12. The van der Waals surface area contributed by atoms with Gasteiger partial charge in [0.2, 0.25) is 5.82 Å². The minimum Gasteiger partial charge on any atom is -0.370 e. The first kappa shape index (κ1) is 16.5. The highest BCUT2D eigenvalue weighted by Gasteiger charge is 2.30. The molecule has 0 N–H and O–H groups in total. The third-order valence-corrected chi connectivity index (χ3v) is 5.15. The summed E-state index contributed by atoms with van der Waals surface area (Å²) < 4.78 is 7.86. The number of hydrogen-bond donors (Lipinski definition) is 0. The number of halogens is 1. The zero-order chi connectivity index (χ0) is 17.2. The van der Waals surface area contributed by atoms with Gasteiger partial charge in [0.15, 0.2) is 0 Å². The van der Waals surface area contributed by atoms with E-state index in [-0.39, 0.29) is 12.0 Å². The summed E-state index contributed by atoms with van der Waals surface area (Å²) in [6, 6.07) is 7.59. The standard InChI is InChI=1S/C18H21ClN4O2/c19-14-7-5-13(6-8-14)15-12-22(10-11-25-15)18(24)17-21-20-16-4-2-1-3-9-23(16)17/h5-8,15H,1-4,9-12H2. The van der Waals surface area contributed by atoms with Crippen molar-refractivity contribution in [2.75, 3.05) is 19.7 Å². The predicted molar refractivity (Wildman–Crippen MR) is 93.6 cm³/mol. The van der Waals surface area contributed by atoms with Crippen LogP contribution in [0.4, 0.5) is 0 Å². The molecule has 0 radical (unpaired) electrons. The third kappa shape index (κ3) is 3.41. The van der Waals surface area contributed by atoms with E-state index in [1.807, 2.05) is 33.7 Å². The molecule has 0 spiro atoms. The summed E-state index contributed by atoms with van der Waals surface area (Å²) in [5.74, 6) is 1.35. The lowest BCUT2D eigenvalue weighted by atomic mass is 10.1. The van der Waals surface area contributed by atoms with Crippen LogP contribution in [0, 0.1) is 0 Å². The molecule has 1 fully saturated rings. The molecule has 1 unspecified atom stereocenters. The highest BCUT2D eigenvalue weighted by molar-refractivity contribution is 6.30. The zero-order valence-corrected chi connectivity index (χ0v) is 14.8. The molecule has 132 valence electrons. The molecule has 0 aliphatic carbocycles. The van der Waals surface area contributed by atoms with Crippen LogP contribution in [0.2, 0.25) is 5.02 Å². The smallest absolute Gasteiger partial charge is 0.291 e. The first-order valence-corrected chi connectivity index (χ1v) is 9.18. The molecule has 0 saturated carbocycles. The predicted octanol–water partition coefficient (Wildman–Crippen LogP) is 2.87. The van der Waals surface area contributed by atoms with E-state index >= 15 is 0 Å². The minimum atomic E-state index is -0.138. The maximum Gasteiger partial charge on any atom is 0.291 e. The second-order valence-electron chi connectivity index (χ2n) is 6.56. The van der Waals surface area contributed by atoms with E-state index in [9.17, 15) is 4.79 Å². The SMILES string of the molecule is O=C(c1nnc2n1CCCCC2)N1CCOC(c2ccc(Cl)cc2)C1. The van der Waals surface area contributed by atoms with E-state index in [4.69, 9.17) is 16.3 Å². The average Bonchev–Trinajstić information content (AvgIpc) is 2.90. The van der Waals surface area contributed by atoms with Crippen molar-refractivity contribution in [1.29, 1.82) is 0 Å². The lowest BCUT2D eigenvalue weighted by Crippen LogP contribution is -2.43. The van der Waals surface area contributed by atoms with Gasteiger partial charge in [-0.1, -0.05) is 30.2 Å². The number of morpholine rings is 1. The molecule has 2 aliphatic rings. The van der Waals surface area contributed by atoms with E-state index in [0.29, 0.717) is 30.5 Å². The highest BCUT2D eigenvalue weighted by Crippen LogP contribution is 2.25. The molecule has 1 aromatic heterocycles. The molecule has 1 amide bonds. The molecule has 3 heterocycles. The van der Waals surface area contributed by atoms with Gasteiger partial charge in [-0.2, -0.15) is 0 Å². The summed E-state index contributed by atoms with van der Waals surface area (Å²) in [4.78, 5) is 14.8. The molecule has 1 atom stereocenters. The second kappa shape index (κ2) is 7.14. The average molecular weight is 361 g/mol. The number of hydrogen-bond acceptors (Lipinski definition) is 4. The Bertz CT molecular complexity index is 759. The van der Waals surface area contributed by atoms with Crippen LogP contribution in [-0.4, -0.2) is 45.3 Å². The van der Waals surface area contributed by atoms with E-state index in [1.165, 1.54) is 6.42 Å². The molecule has 7 heteroatoms. The van der Waals surface area contributed by atoms with Crippen molar-refractivity contribution >= 4 is 17.5 Å². The van der Waals surface area contributed by atoms with Gasteiger partial charge in [-0.25, -0.2) is 0 Å². The van der Waals surface area contributed by atoms with Crippen LogP contribution in [0.25, 0.3) is 0 Å². The number of amides is 1. The molecule has 4 rings (SSSR count). The Balaban J connectivity index is 1.52. The Hall–Kier alpha value is -1.92. The van der Waals surface area contributed by atoms with Gasteiger partial charge < -0.3 is 14.2 Å². The maximum absolute atomic E-state index is 13.0. The van der Waals surface area contributed by atoms with Crippen molar-refractivity contribution in [2.24, 2.45) is 0 Å². The quantitative estimate of drug-likeness (QED) is 0.826. The van der Waals surface area contributed by atoms with Crippen molar-refractivity contribution in [3.63, 3.8) is 0 Å². The lowest BCUT2D eigenvalue weighted by molar-refractivity contribution is -0.0234. The lowest BCUT2D eigenvalue weighted by Gasteiger charge is -2.33. The maximum atomic E-state index is 13.0. The van der Waals surface area contributed by atoms with Gasteiger partial charge in [0.05, 0.1) is 13.2 Å². The van der Waals surface area contributed by atoms with Crippen LogP contribution in [0.15, 0.2) is 24.3 Å². The van der Waals surface area contributed by atoms with Gasteiger partial charge in [-0.15, -0.1) is 10.2 Å². The first-order chi connectivity index (χ1) is 12.2. The van der Waals surface area contributed by atoms with Crippen molar-refractivity contribution in [2.45, 2.75) is 38.3 Å². The fraction of sp³-hybridized carbons (Fsp3) is 0.500. The summed E-state index contributed by atoms with van der Waals surface area (Å²) in [7, 11) is 0. The van der Waals surface area contributed by atoms with Crippen LogP contribution in [0.1, 0.15) is 47.4 Å². The van der Waals surface area contributed by atoms with Crippen molar-refractivity contribution < 1.29 is 9.53 Å². The van der Waals surface area contributed by atoms with Gasteiger partial charge in [0.25, 0.3) is 5.91 Å². The van der Waals surface area contributed by atoms with Crippen molar-refractivity contribution in [3.8, 4) is 0 Å². The molecular formula is C18H21ClN4O2. The summed E-state index contributed by atoms with van der Waals surface area (Å²) >= 11 is 5.95. The number of aryl methyl sites for hydroxylation is 1. The van der Waals surface area contributed by atoms with Crippen LogP contribution in [0.3, 0.4) is 0 Å². The Morgan fingerprint density at radius 1 is 1.12 bits per heavy atom. The number of nitrogens with zero attached hydrogens (tertiary/aromatic N) is 4. The number of carbonyl (C=O) groups is 1. The van der Waals surface area contributed by atoms with E-state index in [2.05, 4.69) is 10.2 Å². The number of ether oxygens (including phenoxy) is 1. The molecule has 1 aromatic carbocycles. The number of aromatic nitrogens is 3. The number of rotatable bonds is 2. The highest BCUT2D eigenvalue weighted by atomic mass is 35.5. The Morgan fingerprint density at radius 3 is 2.80 bits per heavy atom. The van der Waals surface area contributed by atoms with Gasteiger partial charge >= 0.3 is 0 Å². The van der Waals surface area contributed by atoms with Crippen LogP contribution in [-0.2, 0) is 17.7 Å². The van der Waals surface area contributed by atoms with Gasteiger partial charge in [-0.3, -0.25) is 4.79 Å². The minimum absolute atomic E-state index is 0.0529. The van der Waals surface area contributed by atoms with Crippen LogP contribution >= 0.6 is 11.6 Å². The number of benzene rings is 1. The Kier molecular flexibility index (Phi) is 4.72. The number of fused-ring (bicyclic) bond motifs is 1. The first-order valence-electron chi connectivity index (χ1n) is 8.81. The Morgan fingerprint density at radius 2 is 1.96 bits per heavy atom. The molecular weight excluding hydrogens is 340 g/mol. The van der Waals surface area contributed by atoms with Gasteiger partial charge in [0, 0.05) is 24.5 Å². The van der Waals surface area contributed by atoms with E-state index in [1.54, 1.807) is 0 Å².